The monoisotopic (exact) mass is 494 g/mol. The number of hydrogen-bond donors (Lipinski definition) is 1. The van der Waals surface area contributed by atoms with Crippen LogP contribution in [0, 0.1) is 0 Å². The average molecular weight is 495 g/mol. The first kappa shape index (κ1) is 24.4. The summed E-state index contributed by atoms with van der Waals surface area (Å²) in [6.45, 7) is 2.52. The quantitative estimate of drug-likeness (QED) is 0.478. The third-order valence-electron chi connectivity index (χ3n) is 5.85. The Bertz CT molecular complexity index is 1180. The number of ether oxygens (including phenoxy) is 3. The summed E-state index contributed by atoms with van der Waals surface area (Å²) in [7, 11) is 1.60. The van der Waals surface area contributed by atoms with Gasteiger partial charge in [0.1, 0.15) is 11.8 Å². The lowest BCUT2D eigenvalue weighted by Crippen LogP contribution is -2.47. The minimum Gasteiger partial charge on any atom is -0.497 e. The molecule has 1 atom stereocenters. The Kier molecular flexibility index (Phi) is 7.77. The first-order valence-electron chi connectivity index (χ1n) is 11.3. The molecule has 3 aromatic rings. The number of halogens is 1. The first-order chi connectivity index (χ1) is 16.9. The summed E-state index contributed by atoms with van der Waals surface area (Å²) in [6, 6.07) is 19.4. The van der Waals surface area contributed by atoms with Crippen LogP contribution in [-0.4, -0.2) is 36.7 Å². The fraction of sp³-hybridized carbons (Fsp3) is 0.259. The van der Waals surface area contributed by atoms with E-state index in [9.17, 15) is 9.59 Å². The number of nitrogens with one attached hydrogen (secondary N) is 1. The highest BCUT2D eigenvalue weighted by atomic mass is 35.5. The van der Waals surface area contributed by atoms with Crippen molar-refractivity contribution >= 4 is 23.4 Å². The second kappa shape index (κ2) is 11.1. The molecule has 182 valence electrons. The third kappa shape index (κ3) is 6.25. The summed E-state index contributed by atoms with van der Waals surface area (Å²) in [6.07, 6.45) is 0.160. The Hall–Kier alpha value is -3.71. The van der Waals surface area contributed by atoms with Crippen molar-refractivity contribution < 1.29 is 23.8 Å². The van der Waals surface area contributed by atoms with E-state index in [-0.39, 0.29) is 31.6 Å². The smallest absolute Gasteiger partial charge is 0.242 e. The SMILES string of the molecule is COc1ccc(CN(C(=O)Cc2ccc(Cl)cc2)[C@H](C)C(=O)NCc2ccc3c(c2)OCO3)cc1. The van der Waals surface area contributed by atoms with Crippen LogP contribution in [0.5, 0.6) is 17.2 Å². The number of rotatable bonds is 9. The molecular weight excluding hydrogens is 468 g/mol. The van der Waals surface area contributed by atoms with Gasteiger partial charge in [-0.15, -0.1) is 0 Å². The van der Waals surface area contributed by atoms with Gasteiger partial charge in [-0.1, -0.05) is 41.9 Å². The van der Waals surface area contributed by atoms with Crippen LogP contribution in [0.25, 0.3) is 0 Å². The minimum atomic E-state index is -0.689. The Morgan fingerprint density at radius 1 is 0.971 bits per heavy atom. The van der Waals surface area contributed by atoms with Crippen molar-refractivity contribution in [3.8, 4) is 17.2 Å². The van der Waals surface area contributed by atoms with Gasteiger partial charge in [-0.05, 0) is 60.0 Å². The Labute approximate surface area is 209 Å². The molecule has 1 aliphatic heterocycles. The highest BCUT2D eigenvalue weighted by molar-refractivity contribution is 6.30. The normalized spacial score (nSPS) is 12.7. The fourth-order valence-electron chi connectivity index (χ4n) is 3.78. The number of benzene rings is 3. The molecule has 0 aromatic heterocycles. The van der Waals surface area contributed by atoms with E-state index in [1.165, 1.54) is 0 Å². The van der Waals surface area contributed by atoms with Crippen molar-refractivity contribution in [2.75, 3.05) is 13.9 Å². The maximum absolute atomic E-state index is 13.3. The summed E-state index contributed by atoms with van der Waals surface area (Å²) in [5, 5.41) is 3.54. The molecule has 8 heteroatoms. The summed E-state index contributed by atoms with van der Waals surface area (Å²) < 4.78 is 16.0. The maximum Gasteiger partial charge on any atom is 0.242 e. The van der Waals surface area contributed by atoms with E-state index in [4.69, 9.17) is 25.8 Å². The second-order valence-corrected chi connectivity index (χ2v) is 8.69. The molecule has 0 saturated carbocycles. The van der Waals surface area contributed by atoms with E-state index in [0.717, 1.165) is 22.4 Å². The predicted molar refractivity (Wildman–Crippen MR) is 133 cm³/mol. The van der Waals surface area contributed by atoms with Crippen LogP contribution in [0.4, 0.5) is 0 Å². The van der Waals surface area contributed by atoms with Gasteiger partial charge >= 0.3 is 0 Å². The van der Waals surface area contributed by atoms with Crippen LogP contribution >= 0.6 is 11.6 Å². The molecule has 0 unspecified atom stereocenters. The molecular formula is C27H27ClN2O5. The number of amides is 2. The van der Waals surface area contributed by atoms with Gasteiger partial charge < -0.3 is 24.4 Å². The predicted octanol–water partition coefficient (Wildman–Crippen LogP) is 4.35. The molecule has 0 saturated heterocycles. The molecule has 0 spiro atoms. The Morgan fingerprint density at radius 3 is 2.34 bits per heavy atom. The number of carbonyl (C=O) groups is 2. The fourth-order valence-corrected chi connectivity index (χ4v) is 3.90. The van der Waals surface area contributed by atoms with Gasteiger partial charge in [0.05, 0.1) is 13.5 Å². The van der Waals surface area contributed by atoms with Crippen LogP contribution in [-0.2, 0) is 29.1 Å². The van der Waals surface area contributed by atoms with Gasteiger partial charge in [0.25, 0.3) is 0 Å². The third-order valence-corrected chi connectivity index (χ3v) is 6.10. The lowest BCUT2D eigenvalue weighted by molar-refractivity contribution is -0.140. The van der Waals surface area contributed by atoms with Crippen molar-refractivity contribution in [3.63, 3.8) is 0 Å². The van der Waals surface area contributed by atoms with E-state index in [0.29, 0.717) is 23.1 Å². The molecule has 0 aliphatic carbocycles. The molecule has 4 rings (SSSR count). The van der Waals surface area contributed by atoms with Crippen molar-refractivity contribution in [3.05, 3.63) is 88.4 Å². The zero-order chi connectivity index (χ0) is 24.8. The number of nitrogens with zero attached hydrogens (tertiary/aromatic N) is 1. The van der Waals surface area contributed by atoms with Gasteiger partial charge in [-0.25, -0.2) is 0 Å². The molecule has 0 bridgehead atoms. The van der Waals surface area contributed by atoms with E-state index in [2.05, 4.69) is 5.32 Å². The standard InChI is InChI=1S/C27H27ClN2O5/c1-18(27(32)29-15-21-7-12-24-25(13-21)35-17-34-24)30(16-20-5-10-23(33-2)11-6-20)26(31)14-19-3-8-22(28)9-4-19/h3-13,18H,14-17H2,1-2H3,(H,29,32)/t18-/m1/s1. The molecule has 1 N–H and O–H groups in total. The number of methoxy groups -OCH3 is 1. The Morgan fingerprint density at radius 2 is 1.63 bits per heavy atom. The zero-order valence-electron chi connectivity index (χ0n) is 19.6. The van der Waals surface area contributed by atoms with Crippen LogP contribution in [0.15, 0.2) is 66.7 Å². The molecule has 3 aromatic carbocycles. The minimum absolute atomic E-state index is 0.158. The highest BCUT2D eigenvalue weighted by Crippen LogP contribution is 2.32. The lowest BCUT2D eigenvalue weighted by atomic mass is 10.1. The average Bonchev–Trinajstić information content (AvgIpc) is 3.35. The van der Waals surface area contributed by atoms with Gasteiger partial charge in [-0.3, -0.25) is 9.59 Å². The molecule has 1 heterocycles. The van der Waals surface area contributed by atoms with Crippen molar-refractivity contribution in [2.45, 2.75) is 32.5 Å². The number of carbonyl (C=O) groups excluding carboxylic acids is 2. The topological polar surface area (TPSA) is 77.1 Å². The lowest BCUT2D eigenvalue weighted by Gasteiger charge is -2.29. The molecule has 2 amide bonds. The van der Waals surface area contributed by atoms with Crippen molar-refractivity contribution in [1.29, 1.82) is 0 Å². The molecule has 35 heavy (non-hydrogen) atoms. The second-order valence-electron chi connectivity index (χ2n) is 8.25. The largest absolute Gasteiger partial charge is 0.497 e. The highest BCUT2D eigenvalue weighted by Gasteiger charge is 2.26. The zero-order valence-corrected chi connectivity index (χ0v) is 20.4. The summed E-state index contributed by atoms with van der Waals surface area (Å²) in [5.74, 6) is 1.66. The van der Waals surface area contributed by atoms with Gasteiger partial charge in [0.15, 0.2) is 11.5 Å². The van der Waals surface area contributed by atoms with Gasteiger partial charge in [0.2, 0.25) is 18.6 Å². The summed E-state index contributed by atoms with van der Waals surface area (Å²) in [5.41, 5.74) is 2.60. The molecule has 7 nitrogen and oxygen atoms in total. The van der Waals surface area contributed by atoms with E-state index in [1.54, 1.807) is 31.1 Å². The molecule has 0 radical (unpaired) electrons. The van der Waals surface area contributed by atoms with Crippen LogP contribution in [0.1, 0.15) is 23.6 Å². The number of fused-ring (bicyclic) bond motifs is 1. The van der Waals surface area contributed by atoms with E-state index >= 15 is 0 Å². The van der Waals surface area contributed by atoms with E-state index < -0.39 is 6.04 Å². The molecule has 0 fully saturated rings. The van der Waals surface area contributed by atoms with Crippen LogP contribution in [0.2, 0.25) is 5.02 Å². The summed E-state index contributed by atoms with van der Waals surface area (Å²) >= 11 is 5.98. The van der Waals surface area contributed by atoms with Gasteiger partial charge in [-0.2, -0.15) is 0 Å². The van der Waals surface area contributed by atoms with E-state index in [1.807, 2.05) is 54.6 Å². The van der Waals surface area contributed by atoms with Crippen LogP contribution in [0.3, 0.4) is 0 Å². The van der Waals surface area contributed by atoms with Crippen molar-refractivity contribution in [2.24, 2.45) is 0 Å². The number of hydrogen-bond acceptors (Lipinski definition) is 5. The Balaban J connectivity index is 1.46. The van der Waals surface area contributed by atoms with Gasteiger partial charge in [0, 0.05) is 18.1 Å². The first-order valence-corrected chi connectivity index (χ1v) is 11.6. The van der Waals surface area contributed by atoms with Crippen molar-refractivity contribution in [1.82, 2.24) is 10.2 Å². The molecule has 1 aliphatic rings. The summed E-state index contributed by atoms with van der Waals surface area (Å²) in [4.78, 5) is 28.0. The van der Waals surface area contributed by atoms with Crippen LogP contribution < -0.4 is 19.5 Å². The maximum atomic E-state index is 13.3.